The van der Waals surface area contributed by atoms with Crippen molar-refractivity contribution in [2.45, 2.75) is 25.9 Å². The molecule has 1 aromatic rings. The van der Waals surface area contributed by atoms with Gasteiger partial charge in [-0.15, -0.1) is 0 Å². The number of aromatic amines is 1. The zero-order valence-corrected chi connectivity index (χ0v) is 11.5. The van der Waals surface area contributed by atoms with Crippen LogP contribution in [0.5, 0.6) is 0 Å². The smallest absolute Gasteiger partial charge is 0.373 e. The maximum Gasteiger partial charge on any atom is 0.373 e. The van der Waals surface area contributed by atoms with Gasteiger partial charge in [-0.3, -0.25) is 9.78 Å². The Morgan fingerprint density at radius 2 is 2.21 bits per heavy atom. The molecule has 0 bridgehead atoms. The van der Waals surface area contributed by atoms with Gasteiger partial charge < -0.3 is 18.9 Å². The molecule has 0 radical (unpaired) electrons. The van der Waals surface area contributed by atoms with Crippen molar-refractivity contribution in [3.8, 4) is 0 Å². The van der Waals surface area contributed by atoms with Crippen molar-refractivity contribution >= 4 is 8.03 Å². The van der Waals surface area contributed by atoms with E-state index in [9.17, 15) is 19.0 Å². The molecular formula is C10H15N2O6P. The zero-order valence-electron chi connectivity index (χ0n) is 10.6. The second kappa shape index (κ2) is 7.30. The van der Waals surface area contributed by atoms with Crippen molar-refractivity contribution in [1.82, 2.24) is 9.55 Å². The van der Waals surface area contributed by atoms with E-state index in [1.165, 1.54) is 17.9 Å². The Labute approximate surface area is 109 Å². The Balaban J connectivity index is 2.50. The molecule has 0 spiro atoms. The summed E-state index contributed by atoms with van der Waals surface area (Å²) >= 11 is 0. The van der Waals surface area contributed by atoms with E-state index in [1.807, 2.05) is 0 Å². The number of H-pyrrole nitrogens is 1. The van der Waals surface area contributed by atoms with Gasteiger partial charge in [-0.2, -0.15) is 0 Å². The lowest BCUT2D eigenvalue weighted by Gasteiger charge is -2.09. The van der Waals surface area contributed by atoms with Gasteiger partial charge in [0.2, 0.25) is 0 Å². The van der Waals surface area contributed by atoms with E-state index in [1.54, 1.807) is 6.92 Å². The largest absolute Gasteiger partial charge is 0.591 e. The molecule has 0 aliphatic carbocycles. The van der Waals surface area contributed by atoms with Crippen LogP contribution in [0, 0.1) is 6.92 Å². The van der Waals surface area contributed by atoms with E-state index in [0.29, 0.717) is 18.5 Å². The summed E-state index contributed by atoms with van der Waals surface area (Å²) in [5.41, 5.74) is -0.494. The Morgan fingerprint density at radius 1 is 1.53 bits per heavy atom. The summed E-state index contributed by atoms with van der Waals surface area (Å²) in [5.74, 6) is 0. The maximum absolute atomic E-state index is 11.4. The fourth-order valence-electron chi connectivity index (χ4n) is 1.42. The lowest BCUT2D eigenvalue weighted by molar-refractivity contribution is -0.193. The Hall–Kier alpha value is -1.34. The zero-order chi connectivity index (χ0) is 14.4. The molecule has 0 amide bonds. The van der Waals surface area contributed by atoms with E-state index in [2.05, 4.69) is 9.72 Å². The first-order chi connectivity index (χ1) is 8.95. The van der Waals surface area contributed by atoms with Crippen LogP contribution in [0.15, 0.2) is 15.8 Å². The van der Waals surface area contributed by atoms with Crippen molar-refractivity contribution in [2.75, 3.05) is 13.7 Å². The van der Waals surface area contributed by atoms with Crippen LogP contribution in [0.4, 0.5) is 0 Å². The van der Waals surface area contributed by atoms with E-state index in [4.69, 9.17) is 4.74 Å². The minimum absolute atomic E-state index is 0.117. The molecule has 0 aliphatic heterocycles. The molecule has 9 heteroatoms. The van der Waals surface area contributed by atoms with Crippen molar-refractivity contribution < 1.29 is 18.9 Å². The number of aromatic nitrogens is 2. The van der Waals surface area contributed by atoms with Crippen LogP contribution in [0.1, 0.15) is 12.0 Å². The average Bonchev–Trinajstić information content (AvgIpc) is 2.34. The lowest BCUT2D eigenvalue weighted by Crippen LogP contribution is -2.31. The molecule has 0 saturated carbocycles. The predicted octanol–water partition coefficient (Wildman–Crippen LogP) is -0.716. The molecule has 0 saturated heterocycles. The molecule has 1 heterocycles. The third-order valence-electron chi connectivity index (χ3n) is 2.37. The monoisotopic (exact) mass is 290 g/mol. The summed E-state index contributed by atoms with van der Waals surface area (Å²) in [4.78, 5) is 35.4. The van der Waals surface area contributed by atoms with Crippen molar-refractivity contribution in [1.29, 1.82) is 0 Å². The Bertz CT molecular complexity index is 552. The van der Waals surface area contributed by atoms with Crippen LogP contribution >= 0.6 is 8.03 Å². The van der Waals surface area contributed by atoms with Crippen molar-refractivity contribution in [3.05, 3.63) is 32.6 Å². The number of hydrogen-bond donors (Lipinski definition) is 1. The Morgan fingerprint density at radius 3 is 2.79 bits per heavy atom. The topological polar surface area (TPSA) is 113 Å². The molecule has 0 fully saturated rings. The Kier molecular flexibility index (Phi) is 6.04. The number of nitrogens with zero attached hydrogens (tertiary/aromatic N) is 1. The SMILES string of the molecule is COC(OCCCn1cc(C)c(=O)[nH]c1=O)[P+](=O)[O-]. The quantitative estimate of drug-likeness (QED) is 0.403. The maximum atomic E-state index is 11.4. The molecule has 0 aromatic carbocycles. The minimum atomic E-state index is -2.81. The number of aryl methyl sites for hydroxylation is 2. The molecule has 2 atom stereocenters. The van der Waals surface area contributed by atoms with Gasteiger partial charge in [-0.05, 0) is 13.3 Å². The lowest BCUT2D eigenvalue weighted by atomic mass is 10.3. The summed E-state index contributed by atoms with van der Waals surface area (Å²) in [6.07, 6.45) is 1.86. The summed E-state index contributed by atoms with van der Waals surface area (Å²) in [5, 5.41) is 0. The molecule has 2 unspecified atom stereocenters. The van der Waals surface area contributed by atoms with E-state index < -0.39 is 25.3 Å². The summed E-state index contributed by atoms with van der Waals surface area (Å²) in [6.45, 7) is 2.02. The fourth-order valence-corrected chi connectivity index (χ4v) is 1.82. The summed E-state index contributed by atoms with van der Waals surface area (Å²) in [7, 11) is -1.58. The highest BCUT2D eigenvalue weighted by atomic mass is 31.1. The second-order valence-corrected chi connectivity index (χ2v) is 4.81. The number of hydrogen-bond acceptors (Lipinski definition) is 6. The highest BCUT2D eigenvalue weighted by Gasteiger charge is 2.20. The van der Waals surface area contributed by atoms with Gasteiger partial charge in [0.25, 0.3) is 5.56 Å². The third-order valence-corrected chi connectivity index (χ3v) is 3.07. The van der Waals surface area contributed by atoms with Crippen LogP contribution in [0.2, 0.25) is 0 Å². The highest BCUT2D eigenvalue weighted by molar-refractivity contribution is 7.36. The van der Waals surface area contributed by atoms with E-state index >= 15 is 0 Å². The van der Waals surface area contributed by atoms with Crippen LogP contribution < -0.4 is 16.1 Å². The minimum Gasteiger partial charge on any atom is -0.591 e. The normalized spacial score (nSPS) is 13.3. The molecular weight excluding hydrogens is 275 g/mol. The highest BCUT2D eigenvalue weighted by Crippen LogP contribution is 2.19. The number of nitrogens with one attached hydrogen (secondary N) is 1. The first-order valence-electron chi connectivity index (χ1n) is 5.54. The van der Waals surface area contributed by atoms with Crippen LogP contribution in [-0.4, -0.2) is 29.3 Å². The second-order valence-electron chi connectivity index (χ2n) is 3.82. The van der Waals surface area contributed by atoms with Gasteiger partial charge in [0.15, 0.2) is 0 Å². The van der Waals surface area contributed by atoms with Crippen molar-refractivity contribution in [3.63, 3.8) is 0 Å². The molecule has 1 N–H and O–H groups in total. The first-order valence-corrected chi connectivity index (χ1v) is 6.78. The predicted molar refractivity (Wildman–Crippen MR) is 65.0 cm³/mol. The third kappa shape index (κ3) is 4.68. The van der Waals surface area contributed by atoms with Gasteiger partial charge in [0.1, 0.15) is 0 Å². The number of ether oxygens (including phenoxy) is 2. The summed E-state index contributed by atoms with van der Waals surface area (Å²) in [6, 6.07) is -1.27. The van der Waals surface area contributed by atoms with E-state index in [0.717, 1.165) is 0 Å². The van der Waals surface area contributed by atoms with E-state index in [-0.39, 0.29) is 6.61 Å². The number of methoxy groups -OCH3 is 1. The van der Waals surface area contributed by atoms with Crippen molar-refractivity contribution in [2.24, 2.45) is 0 Å². The van der Waals surface area contributed by atoms with Gasteiger partial charge >= 0.3 is 19.7 Å². The van der Waals surface area contributed by atoms with Gasteiger partial charge in [-0.25, -0.2) is 4.79 Å². The first kappa shape index (κ1) is 15.7. The number of rotatable bonds is 7. The standard InChI is InChI=1S/C10H15N2O6P/c1-7-6-12(9(14)11-8(7)13)4-3-5-18-10(17-2)19(15)16/h6,10H,3-5H2,1-2H3,(H,11,13,14). The van der Waals surface area contributed by atoms with Gasteiger partial charge in [-0.1, -0.05) is 4.57 Å². The molecule has 1 aromatic heterocycles. The molecule has 19 heavy (non-hydrogen) atoms. The van der Waals surface area contributed by atoms with Crippen LogP contribution in [0.3, 0.4) is 0 Å². The van der Waals surface area contributed by atoms with Gasteiger partial charge in [0.05, 0.1) is 6.61 Å². The average molecular weight is 290 g/mol. The fraction of sp³-hybridized carbons (Fsp3) is 0.600. The van der Waals surface area contributed by atoms with Crippen LogP contribution in [0.25, 0.3) is 0 Å². The summed E-state index contributed by atoms with van der Waals surface area (Å²) < 4.78 is 21.5. The molecule has 8 nitrogen and oxygen atoms in total. The molecule has 106 valence electrons. The van der Waals surface area contributed by atoms with Crippen LogP contribution in [-0.2, 0) is 20.6 Å². The molecule has 0 aliphatic rings. The molecule has 1 rings (SSSR count). The van der Waals surface area contributed by atoms with Gasteiger partial charge in [0, 0.05) is 25.4 Å².